The highest BCUT2D eigenvalue weighted by molar-refractivity contribution is 6.29. The van der Waals surface area contributed by atoms with E-state index in [1.165, 1.54) is 21.9 Å². The molecule has 0 N–H and O–H groups in total. The molecule has 0 aliphatic heterocycles. The second-order valence-corrected chi connectivity index (χ2v) is 7.29. The van der Waals surface area contributed by atoms with Crippen LogP contribution in [-0.4, -0.2) is 9.97 Å². The molecule has 0 aliphatic rings. The van der Waals surface area contributed by atoms with Crippen molar-refractivity contribution in [1.82, 2.24) is 9.97 Å². The third-order valence-corrected chi connectivity index (χ3v) is 5.18. The Labute approximate surface area is 174 Å². The van der Waals surface area contributed by atoms with Crippen LogP contribution in [0.4, 0.5) is 0 Å². The van der Waals surface area contributed by atoms with E-state index in [1.807, 2.05) is 30.3 Å². The fraction of sp³-hybridized carbons (Fsp3) is 0. The first-order chi connectivity index (χ1) is 14.3. The molecule has 1 heterocycles. The summed E-state index contributed by atoms with van der Waals surface area (Å²) in [6.07, 6.45) is 0. The predicted octanol–water partition coefficient (Wildman–Crippen LogP) is 7.28. The average Bonchev–Trinajstić information content (AvgIpc) is 2.79. The van der Waals surface area contributed by atoms with Crippen LogP contribution in [0.3, 0.4) is 0 Å². The summed E-state index contributed by atoms with van der Waals surface area (Å²) in [5.41, 5.74) is 5.14. The Bertz CT molecular complexity index is 1300. The molecule has 0 radical (unpaired) electrons. The normalized spacial score (nSPS) is 10.9. The second-order valence-electron chi connectivity index (χ2n) is 6.90. The molecule has 1 aromatic heterocycles. The van der Waals surface area contributed by atoms with Crippen molar-refractivity contribution in [3.8, 4) is 33.8 Å². The van der Waals surface area contributed by atoms with E-state index in [4.69, 9.17) is 16.6 Å². The Kier molecular flexibility index (Phi) is 4.55. The van der Waals surface area contributed by atoms with Gasteiger partial charge >= 0.3 is 0 Å². The first-order valence-corrected chi connectivity index (χ1v) is 9.84. The van der Waals surface area contributed by atoms with Gasteiger partial charge in [-0.1, -0.05) is 103 Å². The Morgan fingerprint density at radius 1 is 0.483 bits per heavy atom. The molecule has 0 aliphatic carbocycles. The molecule has 3 heteroatoms. The van der Waals surface area contributed by atoms with Gasteiger partial charge in [-0.3, -0.25) is 0 Å². The predicted molar refractivity (Wildman–Crippen MR) is 121 cm³/mol. The van der Waals surface area contributed by atoms with Crippen LogP contribution in [0.2, 0.25) is 5.15 Å². The molecular formula is C26H17ClN2. The summed E-state index contributed by atoms with van der Waals surface area (Å²) >= 11 is 6.28. The first kappa shape index (κ1) is 17.6. The molecule has 29 heavy (non-hydrogen) atoms. The van der Waals surface area contributed by atoms with Gasteiger partial charge in [0, 0.05) is 17.2 Å². The van der Waals surface area contributed by atoms with E-state index in [0.717, 1.165) is 16.8 Å². The van der Waals surface area contributed by atoms with Crippen LogP contribution in [0, 0.1) is 0 Å². The van der Waals surface area contributed by atoms with Gasteiger partial charge in [0.15, 0.2) is 5.82 Å². The van der Waals surface area contributed by atoms with E-state index in [-0.39, 0.29) is 0 Å². The lowest BCUT2D eigenvalue weighted by atomic mass is 9.99. The number of halogens is 1. The molecule has 0 atom stereocenters. The molecule has 0 unspecified atom stereocenters. The quantitative estimate of drug-likeness (QED) is 0.301. The third-order valence-electron chi connectivity index (χ3n) is 4.99. The molecule has 0 amide bonds. The number of hydrogen-bond acceptors (Lipinski definition) is 2. The van der Waals surface area contributed by atoms with E-state index < -0.39 is 0 Å². The molecule has 5 aromatic rings. The van der Waals surface area contributed by atoms with Crippen molar-refractivity contribution < 1.29 is 0 Å². The highest BCUT2D eigenvalue weighted by atomic mass is 35.5. The van der Waals surface area contributed by atoms with Crippen molar-refractivity contribution >= 4 is 22.4 Å². The van der Waals surface area contributed by atoms with Gasteiger partial charge in [-0.2, -0.15) is 0 Å². The van der Waals surface area contributed by atoms with Crippen molar-refractivity contribution in [2.45, 2.75) is 0 Å². The second kappa shape index (κ2) is 7.50. The first-order valence-electron chi connectivity index (χ1n) is 9.46. The molecule has 0 bridgehead atoms. The van der Waals surface area contributed by atoms with Crippen molar-refractivity contribution in [2.24, 2.45) is 0 Å². The minimum Gasteiger partial charge on any atom is -0.228 e. The Morgan fingerprint density at radius 3 is 1.93 bits per heavy atom. The molecule has 4 aromatic carbocycles. The van der Waals surface area contributed by atoms with Gasteiger partial charge in [-0.05, 0) is 28.0 Å². The van der Waals surface area contributed by atoms with Gasteiger partial charge in [-0.25, -0.2) is 9.97 Å². The van der Waals surface area contributed by atoms with Gasteiger partial charge < -0.3 is 0 Å². The zero-order valence-corrected chi connectivity index (χ0v) is 16.3. The number of nitrogens with zero attached hydrogens (tertiary/aromatic N) is 2. The number of rotatable bonds is 3. The number of aromatic nitrogens is 2. The third kappa shape index (κ3) is 3.63. The van der Waals surface area contributed by atoms with Crippen LogP contribution in [0.25, 0.3) is 44.5 Å². The Hall–Kier alpha value is -3.49. The van der Waals surface area contributed by atoms with E-state index in [1.54, 1.807) is 6.07 Å². The average molecular weight is 393 g/mol. The maximum absolute atomic E-state index is 6.28. The lowest BCUT2D eigenvalue weighted by molar-refractivity contribution is 1.18. The van der Waals surface area contributed by atoms with E-state index >= 15 is 0 Å². The highest BCUT2D eigenvalue weighted by Crippen LogP contribution is 2.28. The van der Waals surface area contributed by atoms with Crippen molar-refractivity contribution in [2.75, 3.05) is 0 Å². The fourth-order valence-electron chi connectivity index (χ4n) is 3.48. The van der Waals surface area contributed by atoms with Crippen molar-refractivity contribution in [1.29, 1.82) is 0 Å². The van der Waals surface area contributed by atoms with Gasteiger partial charge in [0.05, 0.1) is 5.69 Å². The van der Waals surface area contributed by atoms with Gasteiger partial charge in [-0.15, -0.1) is 0 Å². The van der Waals surface area contributed by atoms with Crippen LogP contribution >= 0.6 is 11.6 Å². The van der Waals surface area contributed by atoms with Crippen LogP contribution in [-0.2, 0) is 0 Å². The number of fused-ring (bicyclic) bond motifs is 1. The zero-order chi connectivity index (χ0) is 19.6. The Morgan fingerprint density at radius 2 is 1.14 bits per heavy atom. The number of hydrogen-bond donors (Lipinski definition) is 0. The molecule has 5 rings (SSSR count). The van der Waals surface area contributed by atoms with Crippen LogP contribution in [0.1, 0.15) is 0 Å². The molecule has 0 spiro atoms. The molecule has 0 saturated carbocycles. The lowest BCUT2D eigenvalue weighted by Crippen LogP contribution is -1.93. The smallest absolute Gasteiger partial charge is 0.161 e. The zero-order valence-electron chi connectivity index (χ0n) is 15.6. The topological polar surface area (TPSA) is 25.8 Å². The maximum atomic E-state index is 6.28. The van der Waals surface area contributed by atoms with E-state index in [0.29, 0.717) is 11.0 Å². The standard InChI is InChI=1S/C26H17ClN2/c27-25-17-24(28-26(29-25)21-7-2-1-3-8-21)20-13-10-19(11-14-20)23-15-12-18-6-4-5-9-22(18)16-23/h1-17H. The summed E-state index contributed by atoms with van der Waals surface area (Å²) in [4.78, 5) is 9.10. The molecule has 138 valence electrons. The molecule has 0 saturated heterocycles. The van der Waals surface area contributed by atoms with Crippen molar-refractivity contribution in [3.63, 3.8) is 0 Å². The molecule has 0 fully saturated rings. The van der Waals surface area contributed by atoms with E-state index in [9.17, 15) is 0 Å². The molecular weight excluding hydrogens is 376 g/mol. The fourth-order valence-corrected chi connectivity index (χ4v) is 3.67. The monoisotopic (exact) mass is 392 g/mol. The maximum Gasteiger partial charge on any atom is 0.161 e. The Balaban J connectivity index is 1.51. The van der Waals surface area contributed by atoms with Gasteiger partial charge in [0.25, 0.3) is 0 Å². The van der Waals surface area contributed by atoms with Crippen LogP contribution < -0.4 is 0 Å². The van der Waals surface area contributed by atoms with Crippen molar-refractivity contribution in [3.05, 3.63) is 108 Å². The lowest BCUT2D eigenvalue weighted by Gasteiger charge is -2.08. The van der Waals surface area contributed by atoms with Gasteiger partial charge in [0.2, 0.25) is 0 Å². The summed E-state index contributed by atoms with van der Waals surface area (Å²) in [5.74, 6) is 0.631. The number of benzene rings is 4. The highest BCUT2D eigenvalue weighted by Gasteiger charge is 2.08. The summed E-state index contributed by atoms with van der Waals surface area (Å²) in [6.45, 7) is 0. The van der Waals surface area contributed by atoms with Crippen LogP contribution in [0.5, 0.6) is 0 Å². The summed E-state index contributed by atoms with van der Waals surface area (Å²) in [6, 6.07) is 35.0. The largest absolute Gasteiger partial charge is 0.228 e. The molecule has 2 nitrogen and oxygen atoms in total. The minimum atomic E-state index is 0.437. The summed E-state index contributed by atoms with van der Waals surface area (Å²) in [7, 11) is 0. The van der Waals surface area contributed by atoms with Crippen LogP contribution in [0.15, 0.2) is 103 Å². The summed E-state index contributed by atoms with van der Waals surface area (Å²) < 4.78 is 0. The minimum absolute atomic E-state index is 0.437. The summed E-state index contributed by atoms with van der Waals surface area (Å²) in [5, 5.41) is 2.92. The SMILES string of the molecule is Clc1cc(-c2ccc(-c3ccc4ccccc4c3)cc2)nc(-c2ccccc2)n1. The van der Waals surface area contributed by atoms with Gasteiger partial charge in [0.1, 0.15) is 5.15 Å². The van der Waals surface area contributed by atoms with E-state index in [2.05, 4.69) is 71.7 Å².